The number of hydrogen-bond acceptors (Lipinski definition) is 5. The molecule has 136 valence electrons. The highest BCUT2D eigenvalue weighted by atomic mass is 19.1. The first-order valence-electron chi connectivity index (χ1n) is 7.65. The molecule has 0 aliphatic heterocycles. The van der Waals surface area contributed by atoms with Gasteiger partial charge in [0, 0.05) is 12.6 Å². The predicted octanol–water partition coefficient (Wildman–Crippen LogP) is 1.94. The number of benzene rings is 2. The number of esters is 1. The first-order chi connectivity index (χ1) is 12.5. The first-order valence-corrected chi connectivity index (χ1v) is 7.65. The van der Waals surface area contributed by atoms with Crippen molar-refractivity contribution in [1.29, 1.82) is 0 Å². The van der Waals surface area contributed by atoms with E-state index in [1.807, 2.05) is 5.32 Å². The summed E-state index contributed by atoms with van der Waals surface area (Å²) in [4.78, 5) is 35.6. The van der Waals surface area contributed by atoms with Gasteiger partial charge < -0.3 is 14.8 Å². The smallest absolute Gasteiger partial charge is 0.345 e. The van der Waals surface area contributed by atoms with Gasteiger partial charge >= 0.3 is 12.0 Å². The quantitative estimate of drug-likeness (QED) is 0.768. The standard InChI is InChI=1S/C18H17FN2O5/c1-20-18(24)21-17(23)16(12-7-3-2-4-8-12)26-15(22)11-25-14-10-6-5-9-13(14)19/h2-10,16H,11H2,1H3,(H2,20,21,23,24)/t16-/m0/s1. The average Bonchev–Trinajstić information content (AvgIpc) is 2.66. The van der Waals surface area contributed by atoms with Gasteiger partial charge in [0.05, 0.1) is 0 Å². The maximum Gasteiger partial charge on any atom is 0.345 e. The first kappa shape index (κ1) is 18.9. The van der Waals surface area contributed by atoms with E-state index in [0.717, 1.165) is 0 Å². The number of imide groups is 1. The molecule has 2 rings (SSSR count). The second-order valence-electron chi connectivity index (χ2n) is 5.07. The van der Waals surface area contributed by atoms with E-state index in [0.29, 0.717) is 5.56 Å². The minimum Gasteiger partial charge on any atom is -0.479 e. The molecule has 0 aliphatic rings. The molecular weight excluding hydrogens is 343 g/mol. The Morgan fingerprint density at radius 3 is 2.35 bits per heavy atom. The molecule has 0 saturated heterocycles. The molecule has 0 unspecified atom stereocenters. The van der Waals surface area contributed by atoms with Crippen molar-refractivity contribution in [2.45, 2.75) is 6.10 Å². The van der Waals surface area contributed by atoms with Crippen molar-refractivity contribution >= 4 is 17.9 Å². The third-order valence-electron chi connectivity index (χ3n) is 3.24. The minimum atomic E-state index is -1.36. The Hall–Kier alpha value is -3.42. The van der Waals surface area contributed by atoms with Crippen LogP contribution < -0.4 is 15.4 Å². The number of halogens is 1. The summed E-state index contributed by atoms with van der Waals surface area (Å²) in [5.41, 5.74) is 0.369. The Bertz CT molecular complexity index is 782. The van der Waals surface area contributed by atoms with Crippen LogP contribution in [-0.4, -0.2) is 31.6 Å². The maximum atomic E-state index is 13.5. The molecule has 26 heavy (non-hydrogen) atoms. The fourth-order valence-corrected chi connectivity index (χ4v) is 2.00. The average molecular weight is 360 g/mol. The van der Waals surface area contributed by atoms with Gasteiger partial charge in [-0.2, -0.15) is 0 Å². The third-order valence-corrected chi connectivity index (χ3v) is 3.24. The molecule has 3 amide bonds. The molecule has 2 aromatic rings. The van der Waals surface area contributed by atoms with Crippen molar-refractivity contribution in [3.8, 4) is 5.75 Å². The largest absolute Gasteiger partial charge is 0.479 e. The summed E-state index contributed by atoms with van der Waals surface area (Å²) in [6, 6.07) is 13.0. The third kappa shape index (κ3) is 5.30. The Balaban J connectivity index is 2.06. The molecule has 0 spiro atoms. The highest BCUT2D eigenvalue weighted by molar-refractivity contribution is 5.97. The number of nitrogens with one attached hydrogen (secondary N) is 2. The van der Waals surface area contributed by atoms with Crippen LogP contribution in [0.25, 0.3) is 0 Å². The number of amides is 3. The second-order valence-corrected chi connectivity index (χ2v) is 5.07. The van der Waals surface area contributed by atoms with Crippen LogP contribution in [0.1, 0.15) is 11.7 Å². The monoisotopic (exact) mass is 360 g/mol. The SMILES string of the molecule is CNC(=O)NC(=O)[C@@H](OC(=O)COc1ccccc1F)c1ccccc1. The number of rotatable bonds is 6. The highest BCUT2D eigenvalue weighted by Crippen LogP contribution is 2.19. The number of hydrogen-bond donors (Lipinski definition) is 2. The molecule has 0 bridgehead atoms. The summed E-state index contributed by atoms with van der Waals surface area (Å²) in [5, 5.41) is 4.28. The van der Waals surface area contributed by atoms with Crippen LogP contribution in [0.15, 0.2) is 54.6 Å². The lowest BCUT2D eigenvalue weighted by molar-refractivity contribution is -0.158. The molecular formula is C18H17FN2O5. The van der Waals surface area contributed by atoms with Crippen LogP contribution in [0.3, 0.4) is 0 Å². The molecule has 0 saturated carbocycles. The van der Waals surface area contributed by atoms with Crippen molar-refractivity contribution in [3.05, 3.63) is 66.0 Å². The summed E-state index contributed by atoms with van der Waals surface area (Å²) >= 11 is 0. The van der Waals surface area contributed by atoms with Crippen LogP contribution in [0.2, 0.25) is 0 Å². The Morgan fingerprint density at radius 2 is 1.69 bits per heavy atom. The van der Waals surface area contributed by atoms with E-state index < -0.39 is 36.4 Å². The molecule has 0 aromatic heterocycles. The normalized spacial score (nSPS) is 11.2. The van der Waals surface area contributed by atoms with Crippen molar-refractivity contribution in [1.82, 2.24) is 10.6 Å². The lowest BCUT2D eigenvalue weighted by Crippen LogP contribution is -2.41. The molecule has 0 aliphatic carbocycles. The van der Waals surface area contributed by atoms with E-state index in [2.05, 4.69) is 5.32 Å². The van der Waals surface area contributed by atoms with Crippen molar-refractivity contribution in [2.75, 3.05) is 13.7 Å². The van der Waals surface area contributed by atoms with Gasteiger partial charge in [0.15, 0.2) is 18.2 Å². The van der Waals surface area contributed by atoms with Gasteiger partial charge in [0.25, 0.3) is 5.91 Å². The highest BCUT2D eigenvalue weighted by Gasteiger charge is 2.26. The van der Waals surface area contributed by atoms with E-state index in [4.69, 9.17) is 9.47 Å². The molecule has 0 heterocycles. The Morgan fingerprint density at radius 1 is 1.04 bits per heavy atom. The lowest BCUT2D eigenvalue weighted by atomic mass is 10.1. The second kappa shape index (κ2) is 9.16. The number of ether oxygens (including phenoxy) is 2. The Labute approximate surface area is 149 Å². The van der Waals surface area contributed by atoms with Crippen molar-refractivity contribution in [3.63, 3.8) is 0 Å². The van der Waals surface area contributed by atoms with Gasteiger partial charge in [-0.05, 0) is 12.1 Å². The van der Waals surface area contributed by atoms with Crippen LogP contribution in [0.4, 0.5) is 9.18 Å². The summed E-state index contributed by atoms with van der Waals surface area (Å²) in [7, 11) is 1.34. The maximum absolute atomic E-state index is 13.5. The van der Waals surface area contributed by atoms with Gasteiger partial charge in [-0.1, -0.05) is 42.5 Å². The molecule has 0 radical (unpaired) electrons. The molecule has 2 N–H and O–H groups in total. The van der Waals surface area contributed by atoms with E-state index in [9.17, 15) is 18.8 Å². The van der Waals surface area contributed by atoms with Gasteiger partial charge in [0.2, 0.25) is 6.10 Å². The summed E-state index contributed by atoms with van der Waals surface area (Å²) in [6.07, 6.45) is -1.36. The molecule has 8 heteroatoms. The molecule has 1 atom stereocenters. The van der Waals surface area contributed by atoms with Gasteiger partial charge in [-0.15, -0.1) is 0 Å². The van der Waals surface area contributed by atoms with E-state index in [-0.39, 0.29) is 5.75 Å². The van der Waals surface area contributed by atoms with Crippen molar-refractivity contribution in [2.24, 2.45) is 0 Å². The van der Waals surface area contributed by atoms with Crippen LogP contribution >= 0.6 is 0 Å². The van der Waals surface area contributed by atoms with Crippen LogP contribution in [0, 0.1) is 5.82 Å². The predicted molar refractivity (Wildman–Crippen MR) is 89.8 cm³/mol. The van der Waals surface area contributed by atoms with Gasteiger partial charge in [0.1, 0.15) is 0 Å². The fraction of sp³-hybridized carbons (Fsp3) is 0.167. The zero-order valence-electron chi connectivity index (χ0n) is 13.9. The molecule has 0 fully saturated rings. The number of para-hydroxylation sites is 1. The summed E-state index contributed by atoms with van der Waals surface area (Å²) in [6.45, 7) is -0.600. The summed E-state index contributed by atoms with van der Waals surface area (Å²) in [5.74, 6) is -2.46. The number of carbonyl (C=O) groups is 3. The van der Waals surface area contributed by atoms with Gasteiger partial charge in [-0.3, -0.25) is 10.1 Å². The molecule has 7 nitrogen and oxygen atoms in total. The number of urea groups is 1. The van der Waals surface area contributed by atoms with Crippen molar-refractivity contribution < 1.29 is 28.2 Å². The van der Waals surface area contributed by atoms with Crippen LogP contribution in [0.5, 0.6) is 5.75 Å². The molecule has 2 aromatic carbocycles. The van der Waals surface area contributed by atoms with E-state index in [1.165, 1.54) is 25.2 Å². The number of carbonyl (C=O) groups excluding carboxylic acids is 3. The zero-order valence-corrected chi connectivity index (χ0v) is 13.9. The van der Waals surface area contributed by atoms with Crippen LogP contribution in [-0.2, 0) is 14.3 Å². The minimum absolute atomic E-state index is 0.115. The van der Waals surface area contributed by atoms with Gasteiger partial charge in [-0.25, -0.2) is 14.0 Å². The Kier molecular flexibility index (Phi) is 6.67. The van der Waals surface area contributed by atoms with E-state index in [1.54, 1.807) is 36.4 Å². The fourth-order valence-electron chi connectivity index (χ4n) is 2.00. The summed E-state index contributed by atoms with van der Waals surface area (Å²) < 4.78 is 23.7. The van der Waals surface area contributed by atoms with E-state index >= 15 is 0 Å². The lowest BCUT2D eigenvalue weighted by Gasteiger charge is -2.17. The zero-order chi connectivity index (χ0) is 18.9. The topological polar surface area (TPSA) is 93.7 Å².